The van der Waals surface area contributed by atoms with Crippen LogP contribution in [0.15, 0.2) is 58.1 Å². The number of carbonyl (C=O) groups is 1. The smallest absolute Gasteiger partial charge is 0.275 e. The van der Waals surface area contributed by atoms with Gasteiger partial charge in [-0.2, -0.15) is 5.10 Å². The summed E-state index contributed by atoms with van der Waals surface area (Å²) in [6, 6.07) is 14.1. The van der Waals surface area contributed by atoms with Crippen molar-refractivity contribution in [3.63, 3.8) is 0 Å². The molecule has 2 aromatic carbocycles. The SMILES string of the molecule is Cc1nn(CC(=O)N(Cc2nc3ccccc3c(=O)[nH]2)C(C)C)c(=O)c2ccccc12. The summed E-state index contributed by atoms with van der Waals surface area (Å²) < 4.78 is 1.20. The van der Waals surface area contributed by atoms with Crippen LogP contribution in [-0.2, 0) is 17.9 Å². The van der Waals surface area contributed by atoms with Gasteiger partial charge in [0.2, 0.25) is 5.91 Å². The molecule has 158 valence electrons. The lowest BCUT2D eigenvalue weighted by Crippen LogP contribution is -2.41. The molecule has 4 aromatic rings. The molecule has 1 amide bonds. The first-order valence-corrected chi connectivity index (χ1v) is 10.1. The lowest BCUT2D eigenvalue weighted by atomic mass is 10.1. The van der Waals surface area contributed by atoms with E-state index >= 15 is 0 Å². The number of nitrogens with zero attached hydrogens (tertiary/aromatic N) is 4. The van der Waals surface area contributed by atoms with Crippen molar-refractivity contribution in [1.82, 2.24) is 24.6 Å². The first-order chi connectivity index (χ1) is 14.8. The molecule has 0 radical (unpaired) electrons. The summed E-state index contributed by atoms with van der Waals surface area (Å²) in [4.78, 5) is 47.1. The number of H-pyrrole nitrogens is 1. The van der Waals surface area contributed by atoms with Gasteiger partial charge in [-0.1, -0.05) is 30.3 Å². The highest BCUT2D eigenvalue weighted by molar-refractivity contribution is 5.84. The van der Waals surface area contributed by atoms with Gasteiger partial charge in [0.15, 0.2) is 0 Å². The topological polar surface area (TPSA) is 101 Å². The number of hydrogen-bond donors (Lipinski definition) is 1. The van der Waals surface area contributed by atoms with E-state index in [0.717, 1.165) is 5.39 Å². The van der Waals surface area contributed by atoms with E-state index in [1.54, 1.807) is 35.2 Å². The first kappa shape index (κ1) is 20.5. The normalized spacial score (nSPS) is 11.4. The number of carbonyl (C=O) groups excluding carboxylic acids is 1. The summed E-state index contributed by atoms with van der Waals surface area (Å²) in [5.41, 5.74) is 0.690. The summed E-state index contributed by atoms with van der Waals surface area (Å²) in [5.74, 6) is 0.107. The maximum atomic E-state index is 13.1. The standard InChI is InChI=1S/C23H23N5O3/c1-14(2)27(12-20-24-19-11-7-6-10-18(19)22(30)25-20)21(29)13-28-23(31)17-9-5-4-8-16(17)15(3)26-28/h4-11,14H,12-13H2,1-3H3,(H,24,25,30). The van der Waals surface area contributed by atoms with Crippen molar-refractivity contribution < 1.29 is 4.79 Å². The molecule has 1 N–H and O–H groups in total. The third-order valence-corrected chi connectivity index (χ3v) is 5.26. The molecule has 0 atom stereocenters. The molecule has 8 nitrogen and oxygen atoms in total. The minimum absolute atomic E-state index is 0.123. The first-order valence-electron chi connectivity index (χ1n) is 10.1. The lowest BCUT2D eigenvalue weighted by Gasteiger charge is -2.26. The van der Waals surface area contributed by atoms with E-state index in [0.29, 0.717) is 27.8 Å². The molecule has 0 aliphatic rings. The summed E-state index contributed by atoms with van der Waals surface area (Å²) in [6.45, 7) is 5.49. The van der Waals surface area contributed by atoms with Crippen LogP contribution in [-0.4, -0.2) is 36.6 Å². The van der Waals surface area contributed by atoms with Crippen LogP contribution in [0.4, 0.5) is 0 Å². The monoisotopic (exact) mass is 417 g/mol. The van der Waals surface area contributed by atoms with Crippen LogP contribution in [0.2, 0.25) is 0 Å². The molecule has 0 saturated carbocycles. The Morgan fingerprint density at radius 1 is 1.03 bits per heavy atom. The second kappa shape index (κ2) is 8.14. The zero-order valence-electron chi connectivity index (χ0n) is 17.6. The van der Waals surface area contributed by atoms with E-state index in [2.05, 4.69) is 15.1 Å². The van der Waals surface area contributed by atoms with E-state index in [1.165, 1.54) is 4.68 Å². The van der Waals surface area contributed by atoms with Crippen LogP contribution in [0.3, 0.4) is 0 Å². The van der Waals surface area contributed by atoms with Crippen LogP contribution < -0.4 is 11.1 Å². The lowest BCUT2D eigenvalue weighted by molar-refractivity contribution is -0.134. The average Bonchev–Trinajstić information content (AvgIpc) is 2.75. The summed E-state index contributed by atoms with van der Waals surface area (Å²) in [5, 5.41) is 6.12. The van der Waals surface area contributed by atoms with Crippen LogP contribution in [0.5, 0.6) is 0 Å². The highest BCUT2D eigenvalue weighted by Crippen LogP contribution is 2.13. The molecule has 2 heterocycles. The van der Waals surface area contributed by atoms with Crippen molar-refractivity contribution >= 4 is 27.6 Å². The Bertz CT molecular complexity index is 1400. The molecule has 0 bridgehead atoms. The number of amides is 1. The third kappa shape index (κ3) is 3.96. The maximum Gasteiger partial charge on any atom is 0.275 e. The predicted octanol–water partition coefficient (Wildman–Crippen LogP) is 2.38. The van der Waals surface area contributed by atoms with Gasteiger partial charge in [0, 0.05) is 11.4 Å². The second-order valence-corrected chi connectivity index (χ2v) is 7.74. The van der Waals surface area contributed by atoms with Gasteiger partial charge in [-0.25, -0.2) is 9.67 Å². The van der Waals surface area contributed by atoms with E-state index < -0.39 is 0 Å². The highest BCUT2D eigenvalue weighted by Gasteiger charge is 2.21. The zero-order chi connectivity index (χ0) is 22.1. The molecule has 0 aliphatic carbocycles. The molecule has 31 heavy (non-hydrogen) atoms. The molecule has 0 unspecified atom stereocenters. The van der Waals surface area contributed by atoms with Crippen LogP contribution in [0.25, 0.3) is 21.7 Å². The molecule has 0 fully saturated rings. The van der Waals surface area contributed by atoms with Crippen molar-refractivity contribution in [2.24, 2.45) is 0 Å². The number of benzene rings is 2. The molecule has 0 aliphatic heterocycles. The molecular formula is C23H23N5O3. The van der Waals surface area contributed by atoms with Gasteiger partial charge >= 0.3 is 0 Å². The Morgan fingerprint density at radius 2 is 1.68 bits per heavy atom. The highest BCUT2D eigenvalue weighted by atomic mass is 16.2. The molecule has 0 saturated heterocycles. The maximum absolute atomic E-state index is 13.1. The molecule has 0 spiro atoms. The Morgan fingerprint density at radius 3 is 2.39 bits per heavy atom. The van der Waals surface area contributed by atoms with Crippen molar-refractivity contribution in [3.05, 3.63) is 80.8 Å². The number of fused-ring (bicyclic) bond motifs is 2. The number of aromatic nitrogens is 4. The Kier molecular flexibility index (Phi) is 5.37. The summed E-state index contributed by atoms with van der Waals surface area (Å²) in [7, 11) is 0. The van der Waals surface area contributed by atoms with E-state index in [-0.39, 0.29) is 36.2 Å². The third-order valence-electron chi connectivity index (χ3n) is 5.26. The van der Waals surface area contributed by atoms with Gasteiger partial charge in [0.25, 0.3) is 11.1 Å². The van der Waals surface area contributed by atoms with Crippen molar-refractivity contribution in [1.29, 1.82) is 0 Å². The van der Waals surface area contributed by atoms with Gasteiger partial charge in [-0.3, -0.25) is 14.4 Å². The number of nitrogens with one attached hydrogen (secondary N) is 1. The quantitative estimate of drug-likeness (QED) is 0.537. The molecule has 8 heteroatoms. The number of para-hydroxylation sites is 1. The van der Waals surface area contributed by atoms with Gasteiger partial charge in [0.1, 0.15) is 12.4 Å². The van der Waals surface area contributed by atoms with E-state index in [9.17, 15) is 14.4 Å². The molecule has 2 aromatic heterocycles. The Hall–Kier alpha value is -3.81. The van der Waals surface area contributed by atoms with Crippen molar-refractivity contribution in [3.8, 4) is 0 Å². The number of hydrogen-bond acceptors (Lipinski definition) is 5. The average molecular weight is 417 g/mol. The predicted molar refractivity (Wildman–Crippen MR) is 119 cm³/mol. The Labute approximate surface area is 178 Å². The van der Waals surface area contributed by atoms with Gasteiger partial charge in [0.05, 0.1) is 28.5 Å². The fourth-order valence-corrected chi connectivity index (χ4v) is 3.66. The van der Waals surface area contributed by atoms with Crippen LogP contribution in [0, 0.1) is 6.92 Å². The molecule has 4 rings (SSSR count). The fraction of sp³-hybridized carbons (Fsp3) is 0.261. The minimum atomic E-state index is -0.310. The largest absolute Gasteiger partial charge is 0.331 e. The fourth-order valence-electron chi connectivity index (χ4n) is 3.66. The summed E-state index contributed by atoms with van der Waals surface area (Å²) in [6.07, 6.45) is 0. The van der Waals surface area contributed by atoms with Crippen LogP contribution in [0.1, 0.15) is 25.4 Å². The number of aromatic amines is 1. The summed E-state index contributed by atoms with van der Waals surface area (Å²) >= 11 is 0. The van der Waals surface area contributed by atoms with Gasteiger partial charge in [-0.05, 0) is 39.0 Å². The second-order valence-electron chi connectivity index (χ2n) is 7.74. The Balaban J connectivity index is 1.65. The minimum Gasteiger partial charge on any atom is -0.331 e. The van der Waals surface area contributed by atoms with Gasteiger partial charge in [-0.15, -0.1) is 0 Å². The zero-order valence-corrected chi connectivity index (χ0v) is 17.6. The number of aryl methyl sites for hydroxylation is 1. The van der Waals surface area contributed by atoms with E-state index in [1.807, 2.05) is 39.0 Å². The number of rotatable bonds is 5. The van der Waals surface area contributed by atoms with E-state index in [4.69, 9.17) is 0 Å². The van der Waals surface area contributed by atoms with Crippen LogP contribution >= 0.6 is 0 Å². The van der Waals surface area contributed by atoms with Gasteiger partial charge < -0.3 is 9.88 Å². The van der Waals surface area contributed by atoms with Crippen molar-refractivity contribution in [2.45, 2.75) is 39.9 Å². The molecular weight excluding hydrogens is 394 g/mol. The van der Waals surface area contributed by atoms with Crippen molar-refractivity contribution in [2.75, 3.05) is 0 Å².